The molecule has 0 unspecified atom stereocenters. The highest BCUT2D eigenvalue weighted by atomic mass is 16.6. The van der Waals surface area contributed by atoms with Crippen LogP contribution in [0.25, 0.3) is 0 Å². The summed E-state index contributed by atoms with van der Waals surface area (Å²) in [6.07, 6.45) is 0.644. The summed E-state index contributed by atoms with van der Waals surface area (Å²) >= 11 is 0. The Kier molecular flexibility index (Phi) is 3.62. The summed E-state index contributed by atoms with van der Waals surface area (Å²) in [6, 6.07) is 6.51. The second kappa shape index (κ2) is 5.69. The molecule has 3 aliphatic rings. The van der Waals surface area contributed by atoms with Gasteiger partial charge in [0.2, 0.25) is 5.91 Å². The van der Waals surface area contributed by atoms with Gasteiger partial charge in [0.15, 0.2) is 0 Å². The molecule has 4 rings (SSSR count). The first-order chi connectivity index (χ1) is 11.7. The number of rotatable bonds is 2. The number of para-hydroxylation sites is 1. The van der Waals surface area contributed by atoms with Gasteiger partial charge in [-0.15, -0.1) is 0 Å². The predicted molar refractivity (Wildman–Crippen MR) is 91.6 cm³/mol. The number of likely N-dealkylation sites (N-methyl/N-ethyl adjacent to an activating group) is 1. The van der Waals surface area contributed by atoms with Crippen LogP contribution in [0.4, 0.5) is 16.2 Å². The van der Waals surface area contributed by atoms with Crippen molar-refractivity contribution in [2.24, 2.45) is 0 Å². The molecule has 6 nitrogen and oxygen atoms in total. The monoisotopic (exact) mass is 329 g/mol. The van der Waals surface area contributed by atoms with Crippen molar-refractivity contribution >= 4 is 23.4 Å². The SMILES string of the molecule is CCOC(=O)N1CC[C@H]2[C@@H](C1)c1cccc3c1N2CC(=O)N3CC. The summed E-state index contributed by atoms with van der Waals surface area (Å²) in [5.41, 5.74) is 3.47. The molecular weight excluding hydrogens is 306 g/mol. The number of hydrogen-bond donors (Lipinski definition) is 0. The van der Waals surface area contributed by atoms with Crippen molar-refractivity contribution in [3.8, 4) is 0 Å². The summed E-state index contributed by atoms with van der Waals surface area (Å²) in [7, 11) is 0. The van der Waals surface area contributed by atoms with Gasteiger partial charge in [0.25, 0.3) is 0 Å². The Balaban J connectivity index is 1.70. The summed E-state index contributed by atoms with van der Waals surface area (Å²) in [5, 5.41) is 0. The van der Waals surface area contributed by atoms with Gasteiger partial charge in [-0.3, -0.25) is 4.79 Å². The van der Waals surface area contributed by atoms with Crippen LogP contribution in [0.3, 0.4) is 0 Å². The number of ether oxygens (including phenoxy) is 1. The van der Waals surface area contributed by atoms with Crippen molar-refractivity contribution in [2.45, 2.75) is 32.2 Å². The molecule has 0 bridgehead atoms. The number of fused-ring (bicyclic) bond motifs is 3. The van der Waals surface area contributed by atoms with E-state index in [0.29, 0.717) is 38.8 Å². The van der Waals surface area contributed by atoms with Gasteiger partial charge in [-0.2, -0.15) is 0 Å². The Bertz CT molecular complexity index is 690. The molecule has 0 saturated carbocycles. The molecular formula is C18H23N3O3. The maximum Gasteiger partial charge on any atom is 0.409 e. The quantitative estimate of drug-likeness (QED) is 0.835. The lowest BCUT2D eigenvalue weighted by molar-refractivity contribution is -0.117. The molecule has 3 aliphatic heterocycles. The Morgan fingerprint density at radius 2 is 2.17 bits per heavy atom. The average Bonchev–Trinajstić information content (AvgIpc) is 2.90. The van der Waals surface area contributed by atoms with E-state index in [1.165, 1.54) is 11.3 Å². The van der Waals surface area contributed by atoms with Crippen molar-refractivity contribution in [3.05, 3.63) is 23.8 Å². The molecule has 6 heteroatoms. The normalized spacial score (nSPS) is 24.8. The zero-order chi connectivity index (χ0) is 16.8. The van der Waals surface area contributed by atoms with Gasteiger partial charge in [-0.25, -0.2) is 4.79 Å². The van der Waals surface area contributed by atoms with Crippen LogP contribution in [-0.2, 0) is 9.53 Å². The number of likely N-dealkylation sites (tertiary alicyclic amines) is 1. The molecule has 3 heterocycles. The van der Waals surface area contributed by atoms with E-state index >= 15 is 0 Å². The summed E-state index contributed by atoms with van der Waals surface area (Å²) in [4.78, 5) is 30.6. The van der Waals surface area contributed by atoms with Gasteiger partial charge in [-0.05, 0) is 31.9 Å². The van der Waals surface area contributed by atoms with E-state index in [2.05, 4.69) is 11.0 Å². The maximum absolute atomic E-state index is 12.5. The van der Waals surface area contributed by atoms with Crippen molar-refractivity contribution in [1.82, 2.24) is 4.90 Å². The van der Waals surface area contributed by atoms with Crippen LogP contribution in [0, 0.1) is 0 Å². The first-order valence-corrected chi connectivity index (χ1v) is 8.77. The zero-order valence-electron chi connectivity index (χ0n) is 14.2. The van der Waals surface area contributed by atoms with Gasteiger partial charge in [-0.1, -0.05) is 12.1 Å². The Labute approximate surface area is 142 Å². The number of piperidine rings is 1. The molecule has 1 aromatic carbocycles. The number of hydrogen-bond acceptors (Lipinski definition) is 4. The van der Waals surface area contributed by atoms with Gasteiger partial charge >= 0.3 is 6.09 Å². The second-order valence-corrected chi connectivity index (χ2v) is 6.59. The maximum atomic E-state index is 12.5. The van der Waals surface area contributed by atoms with Crippen molar-refractivity contribution in [2.75, 3.05) is 42.6 Å². The minimum atomic E-state index is -0.228. The van der Waals surface area contributed by atoms with E-state index in [9.17, 15) is 9.59 Å². The number of benzene rings is 1. The molecule has 0 aromatic heterocycles. The summed E-state index contributed by atoms with van der Waals surface area (Å²) in [6.45, 7) is 6.72. The molecule has 0 radical (unpaired) electrons. The van der Waals surface area contributed by atoms with Crippen LogP contribution in [-0.4, -0.2) is 55.7 Å². The van der Waals surface area contributed by atoms with Crippen LogP contribution in [0.1, 0.15) is 31.7 Å². The summed E-state index contributed by atoms with van der Waals surface area (Å²) in [5.74, 6) is 0.415. The van der Waals surface area contributed by atoms with Crippen LogP contribution < -0.4 is 9.80 Å². The van der Waals surface area contributed by atoms with Crippen LogP contribution >= 0.6 is 0 Å². The molecule has 24 heavy (non-hydrogen) atoms. The topological polar surface area (TPSA) is 53.1 Å². The third-order valence-electron chi connectivity index (χ3n) is 5.45. The van der Waals surface area contributed by atoms with Crippen molar-refractivity contribution in [1.29, 1.82) is 0 Å². The molecule has 1 fully saturated rings. The van der Waals surface area contributed by atoms with E-state index in [-0.39, 0.29) is 17.9 Å². The third kappa shape index (κ3) is 2.08. The van der Waals surface area contributed by atoms with Gasteiger partial charge < -0.3 is 19.4 Å². The Morgan fingerprint density at radius 1 is 1.33 bits per heavy atom. The average molecular weight is 329 g/mol. The van der Waals surface area contributed by atoms with E-state index in [0.717, 1.165) is 12.1 Å². The van der Waals surface area contributed by atoms with Crippen LogP contribution in [0.15, 0.2) is 18.2 Å². The molecule has 0 N–H and O–H groups in total. The molecule has 1 aromatic rings. The highest BCUT2D eigenvalue weighted by Gasteiger charge is 2.47. The van der Waals surface area contributed by atoms with Gasteiger partial charge in [0, 0.05) is 31.6 Å². The molecule has 2 amide bonds. The molecule has 2 atom stereocenters. The molecule has 1 saturated heterocycles. The van der Waals surface area contributed by atoms with Crippen LogP contribution in [0.2, 0.25) is 0 Å². The fourth-order valence-corrected chi connectivity index (χ4v) is 4.45. The lowest BCUT2D eigenvalue weighted by atomic mass is 9.89. The highest BCUT2D eigenvalue weighted by Crippen LogP contribution is 2.50. The Hall–Kier alpha value is -2.24. The number of anilines is 2. The fourth-order valence-electron chi connectivity index (χ4n) is 4.45. The standard InChI is InChI=1S/C18H23N3O3/c1-3-20-15-7-5-6-12-13-10-19(18(23)24-4-2)9-8-14(13)21(17(12)15)11-16(20)22/h5-7,13-14H,3-4,8-11H2,1-2H3/t13-,14-/m0/s1. The molecule has 0 spiro atoms. The minimum absolute atomic E-state index is 0.163. The van der Waals surface area contributed by atoms with Crippen molar-refractivity contribution in [3.63, 3.8) is 0 Å². The number of carbonyl (C=O) groups excluding carboxylic acids is 2. The van der Waals surface area contributed by atoms with Crippen molar-refractivity contribution < 1.29 is 14.3 Å². The lowest BCUT2D eigenvalue weighted by Crippen LogP contribution is -2.52. The third-order valence-corrected chi connectivity index (χ3v) is 5.45. The first-order valence-electron chi connectivity index (χ1n) is 8.77. The van der Waals surface area contributed by atoms with E-state index in [1.54, 1.807) is 0 Å². The largest absolute Gasteiger partial charge is 0.450 e. The number of amides is 2. The zero-order valence-corrected chi connectivity index (χ0v) is 14.2. The van der Waals surface area contributed by atoms with E-state index in [4.69, 9.17) is 4.74 Å². The van der Waals surface area contributed by atoms with Crippen LogP contribution in [0.5, 0.6) is 0 Å². The summed E-state index contributed by atoms with van der Waals surface area (Å²) < 4.78 is 5.17. The van der Waals surface area contributed by atoms with E-state index in [1.807, 2.05) is 35.8 Å². The minimum Gasteiger partial charge on any atom is -0.450 e. The van der Waals surface area contributed by atoms with Gasteiger partial charge in [0.1, 0.15) is 0 Å². The second-order valence-electron chi connectivity index (χ2n) is 6.59. The number of nitrogens with zero attached hydrogens (tertiary/aromatic N) is 3. The predicted octanol–water partition coefficient (Wildman–Crippen LogP) is 2.19. The lowest BCUT2D eigenvalue weighted by Gasteiger charge is -2.41. The smallest absolute Gasteiger partial charge is 0.409 e. The highest BCUT2D eigenvalue weighted by molar-refractivity contribution is 6.05. The van der Waals surface area contributed by atoms with Gasteiger partial charge in [0.05, 0.1) is 24.5 Å². The Morgan fingerprint density at radius 3 is 2.92 bits per heavy atom. The molecule has 128 valence electrons. The van der Waals surface area contributed by atoms with E-state index < -0.39 is 0 Å². The fraction of sp³-hybridized carbons (Fsp3) is 0.556. The molecule has 0 aliphatic carbocycles. The number of carbonyl (C=O) groups is 2. The first kappa shape index (κ1) is 15.3.